The summed E-state index contributed by atoms with van der Waals surface area (Å²) >= 11 is 0. The molecule has 2 rings (SSSR count). The van der Waals surface area contributed by atoms with Crippen molar-refractivity contribution in [1.29, 1.82) is 0 Å². The number of ether oxygens (including phenoxy) is 1. The largest absolute Gasteiger partial charge is 0.497 e. The summed E-state index contributed by atoms with van der Waals surface area (Å²) in [5, 5.41) is 2.98. The monoisotopic (exact) mass is 349 g/mol. The predicted molar refractivity (Wildman–Crippen MR) is 93.4 cm³/mol. The quantitative estimate of drug-likeness (QED) is 0.833. The second-order valence-corrected chi connectivity index (χ2v) is 7.31. The lowest BCUT2D eigenvalue weighted by molar-refractivity contribution is -0.119. The van der Waals surface area contributed by atoms with E-state index < -0.39 is 10.8 Å². The molecule has 0 aliphatic heterocycles. The molecule has 5 nitrogen and oxygen atoms in total. The SMILES string of the molecule is COc1ccc([C@@H](NC(=O)C[S@](=O)c2ccoc2C)C(C)C)cc1. The van der Waals surface area contributed by atoms with E-state index in [0.29, 0.717) is 10.7 Å². The van der Waals surface area contributed by atoms with Gasteiger partial charge >= 0.3 is 0 Å². The average Bonchev–Trinajstić information content (AvgIpc) is 2.98. The Labute approximate surface area is 144 Å². The Bertz CT molecular complexity index is 706. The first-order valence-electron chi connectivity index (χ1n) is 7.78. The predicted octanol–water partition coefficient (Wildman–Crippen LogP) is 3.22. The molecule has 1 heterocycles. The fourth-order valence-corrected chi connectivity index (χ4v) is 3.52. The maximum absolute atomic E-state index is 12.3. The summed E-state index contributed by atoms with van der Waals surface area (Å²) in [5.41, 5.74) is 0.990. The molecular formula is C18H23NO4S. The molecular weight excluding hydrogens is 326 g/mol. The van der Waals surface area contributed by atoms with E-state index >= 15 is 0 Å². The molecule has 0 saturated carbocycles. The zero-order chi connectivity index (χ0) is 17.7. The molecule has 1 aromatic carbocycles. The van der Waals surface area contributed by atoms with Gasteiger partial charge in [0.2, 0.25) is 5.91 Å². The Balaban J connectivity index is 2.05. The highest BCUT2D eigenvalue weighted by Crippen LogP contribution is 2.24. The number of benzene rings is 1. The molecule has 1 aromatic heterocycles. The maximum Gasteiger partial charge on any atom is 0.233 e. The van der Waals surface area contributed by atoms with Gasteiger partial charge in [-0.1, -0.05) is 26.0 Å². The number of hydrogen-bond donors (Lipinski definition) is 1. The molecule has 0 unspecified atom stereocenters. The number of aryl methyl sites for hydroxylation is 1. The molecule has 2 aromatic rings. The molecule has 0 radical (unpaired) electrons. The van der Waals surface area contributed by atoms with Gasteiger partial charge in [0.05, 0.1) is 35.1 Å². The fourth-order valence-electron chi connectivity index (χ4n) is 2.47. The molecule has 0 spiro atoms. The number of hydrogen-bond acceptors (Lipinski definition) is 4. The summed E-state index contributed by atoms with van der Waals surface area (Å²) in [6.45, 7) is 5.80. The summed E-state index contributed by atoms with van der Waals surface area (Å²) in [4.78, 5) is 12.9. The van der Waals surface area contributed by atoms with Crippen LogP contribution in [0.2, 0.25) is 0 Å². The molecule has 0 bridgehead atoms. The third-order valence-electron chi connectivity index (χ3n) is 3.78. The summed E-state index contributed by atoms with van der Waals surface area (Å²) in [6, 6.07) is 9.09. The summed E-state index contributed by atoms with van der Waals surface area (Å²) in [6.07, 6.45) is 1.48. The van der Waals surface area contributed by atoms with E-state index in [2.05, 4.69) is 5.32 Å². The number of carbonyl (C=O) groups is 1. The van der Waals surface area contributed by atoms with Gasteiger partial charge in [-0.15, -0.1) is 0 Å². The molecule has 0 saturated heterocycles. The Morgan fingerprint density at radius 1 is 1.25 bits per heavy atom. The van der Waals surface area contributed by atoms with E-state index in [9.17, 15) is 9.00 Å². The van der Waals surface area contributed by atoms with Gasteiger partial charge in [-0.25, -0.2) is 0 Å². The van der Waals surface area contributed by atoms with Crippen molar-refractivity contribution in [1.82, 2.24) is 5.32 Å². The molecule has 0 fully saturated rings. The van der Waals surface area contributed by atoms with Crippen LogP contribution in [0.25, 0.3) is 0 Å². The third kappa shape index (κ3) is 4.47. The van der Waals surface area contributed by atoms with Crippen LogP contribution in [0.5, 0.6) is 5.75 Å². The van der Waals surface area contributed by atoms with Crippen molar-refractivity contribution in [3.05, 3.63) is 47.9 Å². The second kappa shape index (κ2) is 8.15. The van der Waals surface area contributed by atoms with Gasteiger partial charge in [0.15, 0.2) is 0 Å². The van der Waals surface area contributed by atoms with Crippen LogP contribution in [-0.2, 0) is 15.6 Å². The molecule has 2 atom stereocenters. The van der Waals surface area contributed by atoms with Crippen LogP contribution in [0.3, 0.4) is 0 Å². The lowest BCUT2D eigenvalue weighted by atomic mass is 9.96. The summed E-state index contributed by atoms with van der Waals surface area (Å²) < 4.78 is 22.6. The van der Waals surface area contributed by atoms with Crippen molar-refractivity contribution >= 4 is 16.7 Å². The lowest BCUT2D eigenvalue weighted by Crippen LogP contribution is -2.34. The molecule has 1 N–H and O–H groups in total. The molecule has 24 heavy (non-hydrogen) atoms. The van der Waals surface area contributed by atoms with Gasteiger partial charge in [0, 0.05) is 0 Å². The fraction of sp³-hybridized carbons (Fsp3) is 0.389. The van der Waals surface area contributed by atoms with Crippen LogP contribution in [0.1, 0.15) is 31.2 Å². The van der Waals surface area contributed by atoms with Crippen molar-refractivity contribution in [2.75, 3.05) is 12.9 Å². The highest BCUT2D eigenvalue weighted by atomic mass is 32.2. The summed E-state index contributed by atoms with van der Waals surface area (Å²) in [5.74, 6) is 1.22. The molecule has 1 amide bonds. The van der Waals surface area contributed by atoms with Gasteiger partial charge in [0.25, 0.3) is 0 Å². The Kier molecular flexibility index (Phi) is 6.20. The standard InChI is InChI=1S/C18H23NO4S/c1-12(2)18(14-5-7-15(22-4)8-6-14)19-17(20)11-24(21)16-9-10-23-13(16)3/h5-10,12,18H,11H2,1-4H3,(H,19,20)/t18-,24-/m0/s1. The minimum absolute atomic E-state index is 0.0836. The minimum atomic E-state index is -1.41. The van der Waals surface area contributed by atoms with Crippen molar-refractivity contribution in [2.45, 2.75) is 31.7 Å². The van der Waals surface area contributed by atoms with E-state index in [1.807, 2.05) is 38.1 Å². The smallest absolute Gasteiger partial charge is 0.233 e. The van der Waals surface area contributed by atoms with Crippen LogP contribution in [0.15, 0.2) is 45.9 Å². The van der Waals surface area contributed by atoms with E-state index in [0.717, 1.165) is 11.3 Å². The Morgan fingerprint density at radius 2 is 1.92 bits per heavy atom. The van der Waals surface area contributed by atoms with Crippen molar-refractivity contribution in [2.24, 2.45) is 5.92 Å². The van der Waals surface area contributed by atoms with Crippen molar-refractivity contribution in [3.8, 4) is 5.75 Å². The van der Waals surface area contributed by atoms with Gasteiger partial charge in [-0.2, -0.15) is 0 Å². The third-order valence-corrected chi connectivity index (χ3v) is 5.22. The lowest BCUT2D eigenvalue weighted by Gasteiger charge is -2.23. The topological polar surface area (TPSA) is 68.5 Å². The van der Waals surface area contributed by atoms with E-state index in [1.165, 1.54) is 6.26 Å². The Hall–Kier alpha value is -2.08. The zero-order valence-corrected chi connectivity index (χ0v) is 15.2. The van der Waals surface area contributed by atoms with Gasteiger partial charge in [-0.3, -0.25) is 9.00 Å². The van der Waals surface area contributed by atoms with Crippen molar-refractivity contribution in [3.63, 3.8) is 0 Å². The second-order valence-electron chi connectivity index (χ2n) is 5.89. The first-order valence-corrected chi connectivity index (χ1v) is 9.10. The first kappa shape index (κ1) is 18.3. The molecule has 130 valence electrons. The number of amides is 1. The van der Waals surface area contributed by atoms with E-state index in [1.54, 1.807) is 20.1 Å². The summed E-state index contributed by atoms with van der Waals surface area (Å²) in [7, 11) is 0.204. The van der Waals surface area contributed by atoms with E-state index in [4.69, 9.17) is 9.15 Å². The Morgan fingerprint density at radius 3 is 2.42 bits per heavy atom. The number of methoxy groups -OCH3 is 1. The highest BCUT2D eigenvalue weighted by molar-refractivity contribution is 7.85. The van der Waals surface area contributed by atoms with Crippen LogP contribution in [0.4, 0.5) is 0 Å². The van der Waals surface area contributed by atoms with Crippen LogP contribution in [0, 0.1) is 12.8 Å². The van der Waals surface area contributed by atoms with Gasteiger partial charge in [-0.05, 0) is 36.6 Å². The van der Waals surface area contributed by atoms with Crippen LogP contribution < -0.4 is 10.1 Å². The number of rotatable bonds is 7. The number of carbonyl (C=O) groups excluding carboxylic acids is 1. The molecule has 0 aliphatic carbocycles. The normalized spacial score (nSPS) is 13.5. The van der Waals surface area contributed by atoms with Gasteiger partial charge in [0.1, 0.15) is 17.3 Å². The average molecular weight is 349 g/mol. The zero-order valence-electron chi connectivity index (χ0n) is 14.4. The minimum Gasteiger partial charge on any atom is -0.497 e. The number of furan rings is 1. The van der Waals surface area contributed by atoms with E-state index in [-0.39, 0.29) is 23.6 Å². The van der Waals surface area contributed by atoms with Crippen molar-refractivity contribution < 1.29 is 18.2 Å². The van der Waals surface area contributed by atoms with Crippen LogP contribution in [-0.4, -0.2) is 23.0 Å². The highest BCUT2D eigenvalue weighted by Gasteiger charge is 2.21. The van der Waals surface area contributed by atoms with Crippen LogP contribution >= 0.6 is 0 Å². The van der Waals surface area contributed by atoms with Gasteiger partial charge < -0.3 is 14.5 Å². The number of nitrogens with one attached hydrogen (secondary N) is 1. The molecule has 6 heteroatoms. The first-order chi connectivity index (χ1) is 11.4. The maximum atomic E-state index is 12.3. The molecule has 0 aliphatic rings.